The Kier molecular flexibility index (Phi) is 2.28. The van der Waals surface area contributed by atoms with Crippen molar-refractivity contribution in [3.05, 3.63) is 23.8 Å². The second-order valence-electron chi connectivity index (χ2n) is 4.02. The van der Waals surface area contributed by atoms with E-state index in [0.29, 0.717) is 11.7 Å². The maximum Gasteiger partial charge on any atom is 0.142 e. The van der Waals surface area contributed by atoms with Gasteiger partial charge in [-0.05, 0) is 30.3 Å². The molecule has 0 spiro atoms. The van der Waals surface area contributed by atoms with Gasteiger partial charge in [-0.15, -0.1) is 0 Å². The molecule has 2 aromatic heterocycles. The van der Waals surface area contributed by atoms with Crippen LogP contribution in [0.5, 0.6) is 0 Å². The van der Waals surface area contributed by atoms with Crippen LogP contribution in [0.3, 0.4) is 0 Å². The number of nitrogens with two attached hydrogens (primary N) is 1. The number of imidazole rings is 1. The summed E-state index contributed by atoms with van der Waals surface area (Å²) in [6, 6.07) is 0. The topological polar surface area (TPSA) is 79.6 Å². The van der Waals surface area contributed by atoms with Crippen molar-refractivity contribution in [2.24, 2.45) is 0 Å². The normalized spacial score (nSPS) is 15.2. The van der Waals surface area contributed by atoms with E-state index in [9.17, 15) is 0 Å². The Balaban J connectivity index is 1.74. The SMILES string of the molecule is Nc1nsc(NCc2cnc[nH]2)c1C1CC1. The van der Waals surface area contributed by atoms with Gasteiger partial charge in [0, 0.05) is 11.8 Å². The van der Waals surface area contributed by atoms with Gasteiger partial charge in [-0.2, -0.15) is 4.37 Å². The third kappa shape index (κ3) is 1.76. The van der Waals surface area contributed by atoms with Crippen molar-refractivity contribution in [1.82, 2.24) is 14.3 Å². The molecule has 84 valence electrons. The fourth-order valence-electron chi connectivity index (χ4n) is 1.76. The van der Waals surface area contributed by atoms with Gasteiger partial charge in [0.15, 0.2) is 0 Å². The lowest BCUT2D eigenvalue weighted by Crippen LogP contribution is -2.00. The molecule has 4 N–H and O–H groups in total. The van der Waals surface area contributed by atoms with Crippen molar-refractivity contribution >= 4 is 22.4 Å². The van der Waals surface area contributed by atoms with E-state index in [0.717, 1.165) is 17.2 Å². The molecule has 0 amide bonds. The minimum atomic E-state index is 0.628. The van der Waals surface area contributed by atoms with Crippen LogP contribution in [0.1, 0.15) is 30.0 Å². The molecule has 0 aromatic carbocycles. The second-order valence-corrected chi connectivity index (χ2v) is 4.79. The number of aromatic nitrogens is 3. The van der Waals surface area contributed by atoms with Crippen molar-refractivity contribution < 1.29 is 0 Å². The fourth-order valence-corrected chi connectivity index (χ4v) is 2.55. The van der Waals surface area contributed by atoms with Crippen LogP contribution < -0.4 is 11.1 Å². The van der Waals surface area contributed by atoms with Crippen molar-refractivity contribution in [2.75, 3.05) is 11.1 Å². The first kappa shape index (κ1) is 9.65. The third-order valence-corrected chi connectivity index (χ3v) is 3.57. The molecule has 0 bridgehead atoms. The van der Waals surface area contributed by atoms with Gasteiger partial charge < -0.3 is 16.0 Å². The number of nitrogen functional groups attached to an aromatic ring is 1. The zero-order valence-electron chi connectivity index (χ0n) is 8.73. The van der Waals surface area contributed by atoms with Crippen LogP contribution >= 0.6 is 11.5 Å². The number of nitrogens with zero attached hydrogens (tertiary/aromatic N) is 2. The van der Waals surface area contributed by atoms with E-state index in [1.54, 1.807) is 6.33 Å². The van der Waals surface area contributed by atoms with Gasteiger partial charge in [-0.3, -0.25) is 0 Å². The van der Waals surface area contributed by atoms with E-state index in [1.807, 2.05) is 6.20 Å². The molecule has 16 heavy (non-hydrogen) atoms. The van der Waals surface area contributed by atoms with Crippen molar-refractivity contribution in [3.8, 4) is 0 Å². The summed E-state index contributed by atoms with van der Waals surface area (Å²) in [5.74, 6) is 1.32. The average molecular weight is 235 g/mol. The summed E-state index contributed by atoms with van der Waals surface area (Å²) in [4.78, 5) is 7.03. The summed E-state index contributed by atoms with van der Waals surface area (Å²) >= 11 is 1.45. The molecular weight excluding hydrogens is 222 g/mol. The van der Waals surface area contributed by atoms with Gasteiger partial charge in [0.1, 0.15) is 10.8 Å². The molecule has 0 unspecified atom stereocenters. The van der Waals surface area contributed by atoms with E-state index in [-0.39, 0.29) is 0 Å². The van der Waals surface area contributed by atoms with Gasteiger partial charge in [0.2, 0.25) is 0 Å². The van der Waals surface area contributed by atoms with Crippen LogP contribution in [0.2, 0.25) is 0 Å². The predicted molar refractivity (Wildman–Crippen MR) is 64.4 cm³/mol. The zero-order chi connectivity index (χ0) is 11.0. The van der Waals surface area contributed by atoms with Gasteiger partial charge in [0.25, 0.3) is 0 Å². The first-order valence-electron chi connectivity index (χ1n) is 5.31. The molecule has 1 aliphatic rings. The van der Waals surface area contributed by atoms with Crippen LogP contribution in [0, 0.1) is 0 Å². The Hall–Kier alpha value is -1.56. The molecule has 0 aliphatic heterocycles. The van der Waals surface area contributed by atoms with E-state index >= 15 is 0 Å². The van der Waals surface area contributed by atoms with Crippen LogP contribution in [0.25, 0.3) is 0 Å². The highest BCUT2D eigenvalue weighted by Crippen LogP contribution is 2.47. The molecular formula is C10H13N5S. The molecule has 1 saturated carbocycles. The molecule has 2 heterocycles. The monoisotopic (exact) mass is 235 g/mol. The summed E-state index contributed by atoms with van der Waals surface area (Å²) in [5, 5.41) is 4.47. The fraction of sp³-hybridized carbons (Fsp3) is 0.400. The van der Waals surface area contributed by atoms with Crippen LogP contribution in [-0.4, -0.2) is 14.3 Å². The van der Waals surface area contributed by atoms with Crippen molar-refractivity contribution in [3.63, 3.8) is 0 Å². The molecule has 3 rings (SSSR count). The molecule has 2 aromatic rings. The lowest BCUT2D eigenvalue weighted by atomic mass is 10.2. The third-order valence-electron chi connectivity index (χ3n) is 2.74. The minimum Gasteiger partial charge on any atom is -0.383 e. The number of nitrogens with one attached hydrogen (secondary N) is 2. The highest BCUT2D eigenvalue weighted by atomic mass is 32.1. The Morgan fingerprint density at radius 2 is 2.44 bits per heavy atom. The smallest absolute Gasteiger partial charge is 0.142 e. The summed E-state index contributed by atoms with van der Waals surface area (Å²) in [5.41, 5.74) is 8.15. The van der Waals surface area contributed by atoms with E-state index in [2.05, 4.69) is 19.7 Å². The molecule has 6 heteroatoms. The molecule has 1 fully saturated rings. The maximum atomic E-state index is 5.87. The molecule has 0 saturated heterocycles. The molecule has 0 radical (unpaired) electrons. The largest absolute Gasteiger partial charge is 0.383 e. The predicted octanol–water partition coefficient (Wildman–Crippen LogP) is 1.94. The van der Waals surface area contributed by atoms with Gasteiger partial charge >= 0.3 is 0 Å². The van der Waals surface area contributed by atoms with Gasteiger partial charge in [0.05, 0.1) is 18.6 Å². The summed E-state index contributed by atoms with van der Waals surface area (Å²) in [6.45, 7) is 0.737. The number of anilines is 2. The molecule has 1 aliphatic carbocycles. The number of hydrogen-bond donors (Lipinski definition) is 3. The highest BCUT2D eigenvalue weighted by Gasteiger charge is 2.30. The number of aromatic amines is 1. The minimum absolute atomic E-state index is 0.628. The lowest BCUT2D eigenvalue weighted by Gasteiger charge is -2.04. The molecule has 5 nitrogen and oxygen atoms in total. The molecule has 0 atom stereocenters. The summed E-state index contributed by atoms with van der Waals surface area (Å²) in [7, 11) is 0. The number of rotatable bonds is 4. The summed E-state index contributed by atoms with van der Waals surface area (Å²) in [6.07, 6.45) is 5.97. The van der Waals surface area contributed by atoms with E-state index in [1.165, 1.54) is 29.9 Å². The lowest BCUT2D eigenvalue weighted by molar-refractivity contribution is 1.06. The van der Waals surface area contributed by atoms with Crippen LogP contribution in [0.4, 0.5) is 10.8 Å². The number of hydrogen-bond acceptors (Lipinski definition) is 5. The number of H-pyrrole nitrogens is 1. The van der Waals surface area contributed by atoms with Gasteiger partial charge in [-0.1, -0.05) is 0 Å². The van der Waals surface area contributed by atoms with Crippen LogP contribution in [-0.2, 0) is 6.54 Å². The van der Waals surface area contributed by atoms with E-state index in [4.69, 9.17) is 5.73 Å². The van der Waals surface area contributed by atoms with Crippen LogP contribution in [0.15, 0.2) is 12.5 Å². The van der Waals surface area contributed by atoms with Crippen molar-refractivity contribution in [2.45, 2.75) is 25.3 Å². The average Bonchev–Trinajstić information content (AvgIpc) is 2.85. The van der Waals surface area contributed by atoms with Gasteiger partial charge in [-0.25, -0.2) is 4.98 Å². The first-order valence-corrected chi connectivity index (χ1v) is 6.08. The van der Waals surface area contributed by atoms with Crippen molar-refractivity contribution in [1.29, 1.82) is 0 Å². The Labute approximate surface area is 97.3 Å². The van der Waals surface area contributed by atoms with E-state index < -0.39 is 0 Å². The Morgan fingerprint density at radius 1 is 1.56 bits per heavy atom. The standard InChI is InChI=1S/C10H13N5S/c11-9-8(6-1-2-6)10(16-15-9)13-4-7-3-12-5-14-7/h3,5-6,13H,1-2,4H2,(H2,11,15)(H,12,14). The quantitative estimate of drug-likeness (QED) is 0.756. The Morgan fingerprint density at radius 3 is 3.12 bits per heavy atom. The second kappa shape index (κ2) is 3.79. The maximum absolute atomic E-state index is 5.87. The highest BCUT2D eigenvalue weighted by molar-refractivity contribution is 7.10. The Bertz CT molecular complexity index is 471. The summed E-state index contributed by atoms with van der Waals surface area (Å²) < 4.78 is 4.21. The first-order chi connectivity index (χ1) is 7.84. The zero-order valence-corrected chi connectivity index (χ0v) is 9.55.